The van der Waals surface area contributed by atoms with E-state index in [1.54, 1.807) is 0 Å². The summed E-state index contributed by atoms with van der Waals surface area (Å²) in [4.78, 5) is 0. The first kappa shape index (κ1) is 14.3. The van der Waals surface area contributed by atoms with E-state index in [1.807, 2.05) is 31.2 Å². The molecule has 0 aliphatic carbocycles. The van der Waals surface area contributed by atoms with Gasteiger partial charge in [0.05, 0.1) is 6.54 Å². The van der Waals surface area contributed by atoms with Crippen LogP contribution in [0.25, 0.3) is 11.5 Å². The third kappa shape index (κ3) is 3.17. The zero-order valence-corrected chi connectivity index (χ0v) is 13.1. The van der Waals surface area contributed by atoms with Crippen LogP contribution in [0.5, 0.6) is 0 Å². The molecule has 3 aromatic rings. The van der Waals surface area contributed by atoms with Crippen molar-refractivity contribution < 1.29 is 4.42 Å². The molecule has 2 aromatic carbocycles. The Balaban J connectivity index is 1.70. The van der Waals surface area contributed by atoms with Crippen molar-refractivity contribution in [2.45, 2.75) is 27.3 Å². The molecule has 0 amide bonds. The molecule has 3 rings (SSSR count). The molecule has 0 saturated carbocycles. The molecule has 0 bridgehead atoms. The molecular formula is C18H19N3O. The van der Waals surface area contributed by atoms with Gasteiger partial charge in [-0.15, -0.1) is 10.2 Å². The molecule has 1 aromatic heterocycles. The quantitative estimate of drug-likeness (QED) is 0.780. The highest BCUT2D eigenvalue weighted by Crippen LogP contribution is 2.20. The fourth-order valence-electron chi connectivity index (χ4n) is 2.25. The summed E-state index contributed by atoms with van der Waals surface area (Å²) in [6.07, 6.45) is 0. The highest BCUT2D eigenvalue weighted by molar-refractivity contribution is 5.53. The van der Waals surface area contributed by atoms with Crippen LogP contribution in [0.1, 0.15) is 22.6 Å². The second kappa shape index (κ2) is 6.02. The Bertz CT molecular complexity index is 793. The number of anilines is 1. The van der Waals surface area contributed by atoms with Gasteiger partial charge in [0.25, 0.3) is 0 Å². The largest absolute Gasteiger partial charge is 0.419 e. The Kier molecular flexibility index (Phi) is 3.92. The van der Waals surface area contributed by atoms with Gasteiger partial charge in [-0.3, -0.25) is 0 Å². The molecule has 0 radical (unpaired) electrons. The van der Waals surface area contributed by atoms with Crippen molar-refractivity contribution in [2.24, 2.45) is 0 Å². The minimum atomic E-state index is 0.515. The molecule has 0 saturated heterocycles. The second-order valence-corrected chi connectivity index (χ2v) is 5.52. The van der Waals surface area contributed by atoms with Crippen LogP contribution in [0, 0.1) is 20.8 Å². The number of aryl methyl sites for hydroxylation is 3. The van der Waals surface area contributed by atoms with Crippen molar-refractivity contribution in [3.8, 4) is 11.5 Å². The lowest BCUT2D eigenvalue weighted by Crippen LogP contribution is -2.00. The third-order valence-electron chi connectivity index (χ3n) is 3.68. The minimum absolute atomic E-state index is 0.515. The molecule has 1 heterocycles. The van der Waals surface area contributed by atoms with Crippen molar-refractivity contribution in [2.75, 3.05) is 5.32 Å². The number of nitrogens with one attached hydrogen (secondary N) is 1. The van der Waals surface area contributed by atoms with Crippen LogP contribution in [0.15, 0.2) is 46.9 Å². The van der Waals surface area contributed by atoms with Crippen LogP contribution in [0.2, 0.25) is 0 Å². The molecule has 0 atom stereocenters. The lowest BCUT2D eigenvalue weighted by atomic mass is 10.1. The molecule has 0 fully saturated rings. The Morgan fingerprint density at radius 1 is 0.955 bits per heavy atom. The number of benzene rings is 2. The number of rotatable bonds is 4. The van der Waals surface area contributed by atoms with Gasteiger partial charge in [-0.25, -0.2) is 0 Å². The van der Waals surface area contributed by atoms with Gasteiger partial charge in [0.15, 0.2) is 0 Å². The first-order valence-electron chi connectivity index (χ1n) is 7.32. The van der Waals surface area contributed by atoms with Crippen LogP contribution in [-0.4, -0.2) is 10.2 Å². The average Bonchev–Trinajstić information content (AvgIpc) is 2.97. The summed E-state index contributed by atoms with van der Waals surface area (Å²) in [6.45, 7) is 6.76. The van der Waals surface area contributed by atoms with Gasteiger partial charge < -0.3 is 9.73 Å². The van der Waals surface area contributed by atoms with Crippen molar-refractivity contribution >= 4 is 5.69 Å². The van der Waals surface area contributed by atoms with Crippen molar-refractivity contribution in [1.29, 1.82) is 0 Å². The van der Waals surface area contributed by atoms with Gasteiger partial charge in [0.2, 0.25) is 11.8 Å². The van der Waals surface area contributed by atoms with E-state index in [2.05, 4.69) is 47.6 Å². The lowest BCUT2D eigenvalue weighted by Gasteiger charge is -2.06. The molecule has 0 aliphatic rings. The number of nitrogens with zero attached hydrogens (tertiary/aromatic N) is 2. The smallest absolute Gasteiger partial charge is 0.247 e. The summed E-state index contributed by atoms with van der Waals surface area (Å²) in [5, 5.41) is 11.5. The van der Waals surface area contributed by atoms with Gasteiger partial charge >= 0.3 is 0 Å². The standard InChI is InChI=1S/C18H19N3O/c1-12-5-4-6-15(9-12)18-21-20-17(22-18)11-19-16-8-7-13(2)14(3)10-16/h4-10,19H,11H2,1-3H3. The fraction of sp³-hybridized carbons (Fsp3) is 0.222. The minimum Gasteiger partial charge on any atom is -0.419 e. The Labute approximate surface area is 130 Å². The zero-order chi connectivity index (χ0) is 15.5. The molecule has 0 spiro atoms. The van der Waals surface area contributed by atoms with Crippen molar-refractivity contribution in [1.82, 2.24) is 10.2 Å². The summed E-state index contributed by atoms with van der Waals surface area (Å²) in [7, 11) is 0. The van der Waals surface area contributed by atoms with E-state index in [-0.39, 0.29) is 0 Å². The van der Waals surface area contributed by atoms with E-state index in [1.165, 1.54) is 16.7 Å². The lowest BCUT2D eigenvalue weighted by molar-refractivity contribution is 0.515. The van der Waals surface area contributed by atoms with E-state index in [4.69, 9.17) is 4.42 Å². The molecule has 4 heteroatoms. The Morgan fingerprint density at radius 3 is 2.59 bits per heavy atom. The van der Waals surface area contributed by atoms with Crippen LogP contribution >= 0.6 is 0 Å². The van der Waals surface area contributed by atoms with Crippen LogP contribution < -0.4 is 5.32 Å². The fourth-order valence-corrected chi connectivity index (χ4v) is 2.25. The highest BCUT2D eigenvalue weighted by Gasteiger charge is 2.08. The molecule has 1 N–H and O–H groups in total. The van der Waals surface area contributed by atoms with Gasteiger partial charge in [0, 0.05) is 11.3 Å². The maximum absolute atomic E-state index is 5.72. The van der Waals surface area contributed by atoms with Crippen LogP contribution in [0.4, 0.5) is 5.69 Å². The molecule has 112 valence electrons. The summed E-state index contributed by atoms with van der Waals surface area (Å²) in [5.74, 6) is 1.13. The number of hydrogen-bond acceptors (Lipinski definition) is 4. The number of aromatic nitrogens is 2. The second-order valence-electron chi connectivity index (χ2n) is 5.52. The van der Waals surface area contributed by atoms with Gasteiger partial charge in [-0.05, 0) is 56.2 Å². The van der Waals surface area contributed by atoms with E-state index < -0.39 is 0 Å². The van der Waals surface area contributed by atoms with Gasteiger partial charge in [-0.1, -0.05) is 23.8 Å². The van der Waals surface area contributed by atoms with E-state index in [0.29, 0.717) is 18.3 Å². The number of hydrogen-bond donors (Lipinski definition) is 1. The predicted octanol–water partition coefficient (Wildman–Crippen LogP) is 4.27. The SMILES string of the molecule is Cc1cccc(-c2nnc(CNc3ccc(C)c(C)c3)o2)c1. The molecule has 0 unspecified atom stereocenters. The Morgan fingerprint density at radius 2 is 1.82 bits per heavy atom. The summed E-state index contributed by atoms with van der Waals surface area (Å²) < 4.78 is 5.72. The summed E-state index contributed by atoms with van der Waals surface area (Å²) >= 11 is 0. The summed E-state index contributed by atoms with van der Waals surface area (Å²) in [6, 6.07) is 14.3. The molecular weight excluding hydrogens is 274 g/mol. The van der Waals surface area contributed by atoms with E-state index in [0.717, 1.165) is 11.3 Å². The van der Waals surface area contributed by atoms with Crippen LogP contribution in [0.3, 0.4) is 0 Å². The van der Waals surface area contributed by atoms with E-state index >= 15 is 0 Å². The Hall–Kier alpha value is -2.62. The average molecular weight is 293 g/mol. The van der Waals surface area contributed by atoms with Gasteiger partial charge in [0.1, 0.15) is 0 Å². The van der Waals surface area contributed by atoms with Crippen LogP contribution in [-0.2, 0) is 6.54 Å². The first-order valence-corrected chi connectivity index (χ1v) is 7.32. The monoisotopic (exact) mass is 293 g/mol. The normalized spacial score (nSPS) is 10.7. The maximum atomic E-state index is 5.72. The van der Waals surface area contributed by atoms with Crippen molar-refractivity contribution in [3.05, 3.63) is 65.0 Å². The molecule has 22 heavy (non-hydrogen) atoms. The molecule has 0 aliphatic heterocycles. The highest BCUT2D eigenvalue weighted by atomic mass is 16.4. The molecule has 4 nitrogen and oxygen atoms in total. The maximum Gasteiger partial charge on any atom is 0.247 e. The predicted molar refractivity (Wildman–Crippen MR) is 87.7 cm³/mol. The summed E-state index contributed by atoms with van der Waals surface area (Å²) in [5.41, 5.74) is 5.72. The third-order valence-corrected chi connectivity index (χ3v) is 3.68. The topological polar surface area (TPSA) is 51.0 Å². The van der Waals surface area contributed by atoms with E-state index in [9.17, 15) is 0 Å². The van der Waals surface area contributed by atoms with Gasteiger partial charge in [-0.2, -0.15) is 0 Å². The van der Waals surface area contributed by atoms with Crippen molar-refractivity contribution in [3.63, 3.8) is 0 Å². The first-order chi connectivity index (χ1) is 10.6. The zero-order valence-electron chi connectivity index (χ0n) is 13.1.